The minimum Gasteiger partial charge on any atom is -0.494 e. The molecule has 0 saturated heterocycles. The maximum Gasteiger partial charge on any atom is 0.201 e. The molecule has 0 spiro atoms. The van der Waals surface area contributed by atoms with Crippen molar-refractivity contribution in [3.05, 3.63) is 30.6 Å². The van der Waals surface area contributed by atoms with Gasteiger partial charge in [0.05, 0.1) is 12.4 Å². The minimum atomic E-state index is -0.0212. The molecule has 3 rings (SSSR count). The van der Waals surface area contributed by atoms with Crippen molar-refractivity contribution in [2.75, 3.05) is 5.32 Å². The van der Waals surface area contributed by atoms with Crippen molar-refractivity contribution in [2.24, 2.45) is 12.2 Å². The molecule has 0 aliphatic rings. The van der Waals surface area contributed by atoms with E-state index in [2.05, 4.69) is 20.4 Å². The molecule has 0 saturated carbocycles. The van der Waals surface area contributed by atoms with Crippen LogP contribution in [-0.2, 0) is 7.05 Å². The molecule has 0 aliphatic heterocycles. The first kappa shape index (κ1) is 12.9. The zero-order valence-electron chi connectivity index (χ0n) is 11.1. The second-order valence-electron chi connectivity index (χ2n) is 4.47. The van der Waals surface area contributed by atoms with Gasteiger partial charge in [-0.3, -0.25) is 9.55 Å². The van der Waals surface area contributed by atoms with Crippen molar-refractivity contribution in [1.82, 2.24) is 14.5 Å². The highest BCUT2D eigenvalue weighted by atomic mass is 16.3. The van der Waals surface area contributed by atoms with Crippen LogP contribution in [0.4, 0.5) is 17.3 Å². The molecule has 106 valence electrons. The van der Waals surface area contributed by atoms with E-state index in [9.17, 15) is 10.2 Å². The van der Waals surface area contributed by atoms with E-state index in [1.54, 1.807) is 25.2 Å². The molecule has 4 N–H and O–H groups in total. The summed E-state index contributed by atoms with van der Waals surface area (Å²) in [5.74, 6) is 0.611. The second kappa shape index (κ2) is 4.75. The smallest absolute Gasteiger partial charge is 0.201 e. The van der Waals surface area contributed by atoms with E-state index in [1.807, 2.05) is 0 Å². The van der Waals surface area contributed by atoms with Crippen molar-refractivity contribution in [3.63, 3.8) is 0 Å². The molecular formula is C13H12N6O2. The molecule has 2 heterocycles. The van der Waals surface area contributed by atoms with Crippen LogP contribution in [-0.4, -0.2) is 24.7 Å². The Morgan fingerprint density at radius 3 is 2.71 bits per heavy atom. The lowest BCUT2D eigenvalue weighted by atomic mass is 10.2. The van der Waals surface area contributed by atoms with Crippen LogP contribution in [0.25, 0.3) is 10.8 Å². The number of rotatable bonds is 3. The van der Waals surface area contributed by atoms with Gasteiger partial charge >= 0.3 is 0 Å². The molecule has 0 aliphatic carbocycles. The quantitative estimate of drug-likeness (QED) is 0.551. The van der Waals surface area contributed by atoms with E-state index < -0.39 is 0 Å². The fraction of sp³-hybridized carbons (Fsp3) is 0.0769. The predicted octanol–water partition coefficient (Wildman–Crippen LogP) is 2.79. The van der Waals surface area contributed by atoms with Crippen LogP contribution in [0, 0.1) is 5.53 Å². The summed E-state index contributed by atoms with van der Waals surface area (Å²) < 4.78 is 1.30. The van der Waals surface area contributed by atoms with Gasteiger partial charge in [0.15, 0.2) is 11.6 Å². The first-order valence-corrected chi connectivity index (χ1v) is 6.07. The number of hydrogen-bond acceptors (Lipinski definition) is 7. The molecule has 2 aromatic heterocycles. The summed E-state index contributed by atoms with van der Waals surface area (Å²) in [4.78, 5) is 7.98. The fourth-order valence-electron chi connectivity index (χ4n) is 2.08. The van der Waals surface area contributed by atoms with Crippen LogP contribution >= 0.6 is 0 Å². The van der Waals surface area contributed by atoms with Crippen LogP contribution in [0.15, 0.2) is 35.7 Å². The summed E-state index contributed by atoms with van der Waals surface area (Å²) in [6, 6.07) is 5.13. The number of fused-ring (bicyclic) bond motifs is 1. The van der Waals surface area contributed by atoms with E-state index in [-0.39, 0.29) is 17.6 Å². The first-order chi connectivity index (χ1) is 10.1. The SMILES string of the molecule is Cn1c(O)c2ccc(Nc3cncc(N=N)n3)cc2c1O. The Balaban J connectivity index is 2.01. The van der Waals surface area contributed by atoms with Crippen LogP contribution in [0.5, 0.6) is 11.8 Å². The van der Waals surface area contributed by atoms with Crippen LogP contribution in [0.1, 0.15) is 0 Å². The zero-order valence-corrected chi connectivity index (χ0v) is 11.1. The number of aromatic nitrogens is 3. The lowest BCUT2D eigenvalue weighted by molar-refractivity contribution is 0.391. The van der Waals surface area contributed by atoms with E-state index in [0.29, 0.717) is 22.3 Å². The average molecular weight is 284 g/mol. The first-order valence-electron chi connectivity index (χ1n) is 6.07. The van der Waals surface area contributed by atoms with Crippen LogP contribution < -0.4 is 5.32 Å². The summed E-state index contributed by atoms with van der Waals surface area (Å²) in [7, 11) is 1.57. The molecule has 0 fully saturated rings. The second-order valence-corrected chi connectivity index (χ2v) is 4.47. The highest BCUT2D eigenvalue weighted by molar-refractivity contribution is 5.95. The molecular weight excluding hydrogens is 272 g/mol. The Morgan fingerprint density at radius 2 is 1.95 bits per heavy atom. The highest BCUT2D eigenvalue weighted by Gasteiger charge is 2.13. The van der Waals surface area contributed by atoms with Crippen LogP contribution in [0.3, 0.4) is 0 Å². The van der Waals surface area contributed by atoms with Crippen molar-refractivity contribution >= 4 is 28.1 Å². The molecule has 0 atom stereocenters. The third-order valence-electron chi connectivity index (χ3n) is 3.15. The average Bonchev–Trinajstić information content (AvgIpc) is 2.72. The van der Waals surface area contributed by atoms with Gasteiger partial charge < -0.3 is 15.5 Å². The lowest BCUT2D eigenvalue weighted by Crippen LogP contribution is -1.93. The third kappa shape index (κ3) is 2.12. The normalized spacial score (nSPS) is 10.7. The minimum absolute atomic E-state index is 0.00356. The summed E-state index contributed by atoms with van der Waals surface area (Å²) in [6.07, 6.45) is 2.88. The maximum absolute atomic E-state index is 9.96. The molecule has 1 aromatic carbocycles. The zero-order chi connectivity index (χ0) is 15.0. The van der Waals surface area contributed by atoms with Gasteiger partial charge in [0.2, 0.25) is 11.8 Å². The van der Waals surface area contributed by atoms with Gasteiger partial charge in [0.1, 0.15) is 0 Å². The van der Waals surface area contributed by atoms with E-state index in [4.69, 9.17) is 5.53 Å². The molecule has 8 nitrogen and oxygen atoms in total. The van der Waals surface area contributed by atoms with Gasteiger partial charge in [-0.15, -0.1) is 5.11 Å². The van der Waals surface area contributed by atoms with Crippen molar-refractivity contribution in [3.8, 4) is 11.8 Å². The molecule has 21 heavy (non-hydrogen) atoms. The number of nitrogens with zero attached hydrogens (tertiary/aromatic N) is 4. The van der Waals surface area contributed by atoms with Gasteiger partial charge in [-0.05, 0) is 18.2 Å². The Bertz CT molecular complexity index is 842. The Morgan fingerprint density at radius 1 is 1.19 bits per heavy atom. The predicted molar refractivity (Wildman–Crippen MR) is 76.4 cm³/mol. The lowest BCUT2D eigenvalue weighted by Gasteiger charge is -2.05. The van der Waals surface area contributed by atoms with Crippen molar-refractivity contribution in [1.29, 1.82) is 5.53 Å². The Hall–Kier alpha value is -3.16. The van der Waals surface area contributed by atoms with Gasteiger partial charge in [0, 0.05) is 23.5 Å². The molecule has 0 radical (unpaired) electrons. The summed E-state index contributed by atoms with van der Waals surface area (Å²) in [6.45, 7) is 0. The van der Waals surface area contributed by atoms with E-state index >= 15 is 0 Å². The van der Waals surface area contributed by atoms with Crippen molar-refractivity contribution < 1.29 is 10.2 Å². The van der Waals surface area contributed by atoms with Crippen molar-refractivity contribution in [2.45, 2.75) is 0 Å². The van der Waals surface area contributed by atoms with Gasteiger partial charge in [-0.2, -0.15) is 0 Å². The van der Waals surface area contributed by atoms with Crippen LogP contribution in [0.2, 0.25) is 0 Å². The Kier molecular flexibility index (Phi) is 2.90. The van der Waals surface area contributed by atoms with E-state index in [1.165, 1.54) is 17.0 Å². The summed E-state index contributed by atoms with van der Waals surface area (Å²) in [5.41, 5.74) is 7.58. The topological polar surface area (TPSA) is 119 Å². The third-order valence-corrected chi connectivity index (χ3v) is 3.15. The summed E-state index contributed by atoms with van der Waals surface area (Å²) in [5, 5.41) is 27.1. The monoisotopic (exact) mass is 284 g/mol. The number of aromatic hydroxyl groups is 2. The standard InChI is InChI=1S/C13H12N6O2/c1-19-12(20)8-3-2-7(4-9(8)13(19)21)16-10-5-15-6-11(17-10)18-14/h2-6,14,20-21H,1H3,(H,16,17). The number of benzene rings is 1. The highest BCUT2D eigenvalue weighted by Crippen LogP contribution is 2.36. The Labute approximate surface area is 119 Å². The van der Waals surface area contributed by atoms with E-state index in [0.717, 1.165) is 0 Å². The fourth-order valence-corrected chi connectivity index (χ4v) is 2.08. The van der Waals surface area contributed by atoms with Gasteiger partial charge in [-0.1, -0.05) is 0 Å². The van der Waals surface area contributed by atoms with Gasteiger partial charge in [-0.25, -0.2) is 10.5 Å². The molecule has 3 aromatic rings. The molecule has 0 amide bonds. The summed E-state index contributed by atoms with van der Waals surface area (Å²) >= 11 is 0. The molecule has 0 unspecified atom stereocenters. The number of anilines is 2. The van der Waals surface area contributed by atoms with Gasteiger partial charge in [0.25, 0.3) is 0 Å². The maximum atomic E-state index is 9.96. The number of hydrogen-bond donors (Lipinski definition) is 4. The molecule has 0 bridgehead atoms. The largest absolute Gasteiger partial charge is 0.494 e. The molecule has 8 heteroatoms. The number of nitrogens with one attached hydrogen (secondary N) is 2.